The Labute approximate surface area is 169 Å². The molecular formula is C18H17F3N2O6S. The predicted molar refractivity (Wildman–Crippen MR) is 99.4 cm³/mol. The molecular weight excluding hydrogens is 429 g/mol. The summed E-state index contributed by atoms with van der Waals surface area (Å²) >= 11 is 0. The Balaban J connectivity index is 1.97. The van der Waals surface area contributed by atoms with Crippen molar-refractivity contribution >= 4 is 21.8 Å². The monoisotopic (exact) mass is 446 g/mol. The number of amides is 1. The molecule has 0 bridgehead atoms. The fourth-order valence-electron chi connectivity index (χ4n) is 3.07. The second-order valence-electron chi connectivity index (χ2n) is 6.42. The highest BCUT2D eigenvalue weighted by atomic mass is 32.2. The summed E-state index contributed by atoms with van der Waals surface area (Å²) in [6.45, 7) is -0.126. The summed E-state index contributed by atoms with van der Waals surface area (Å²) in [5, 5.41) is 11.1. The molecule has 1 aliphatic rings. The van der Waals surface area contributed by atoms with Crippen molar-refractivity contribution in [3.8, 4) is 11.5 Å². The van der Waals surface area contributed by atoms with Crippen LogP contribution in [0.2, 0.25) is 0 Å². The maximum Gasteiger partial charge on any atom is 0.416 e. The number of sulfonamides is 1. The van der Waals surface area contributed by atoms with Gasteiger partial charge in [-0.15, -0.1) is 0 Å². The maximum absolute atomic E-state index is 12.9. The normalized spacial score (nSPS) is 16.2. The van der Waals surface area contributed by atoms with E-state index in [4.69, 9.17) is 14.6 Å². The predicted octanol–water partition coefficient (Wildman–Crippen LogP) is 3.09. The average molecular weight is 446 g/mol. The fraction of sp³-hybridized carbons (Fsp3) is 0.278. The topological polar surface area (TPSA) is 114 Å². The molecule has 0 aliphatic carbocycles. The molecule has 162 valence electrons. The van der Waals surface area contributed by atoms with Gasteiger partial charge in [0.15, 0.2) is 0 Å². The molecule has 1 amide bonds. The minimum absolute atomic E-state index is 0.0442. The van der Waals surface area contributed by atoms with Crippen molar-refractivity contribution in [2.45, 2.75) is 23.5 Å². The van der Waals surface area contributed by atoms with Crippen LogP contribution in [0.3, 0.4) is 0 Å². The molecule has 1 aliphatic heterocycles. The van der Waals surface area contributed by atoms with E-state index in [0.717, 1.165) is 12.1 Å². The van der Waals surface area contributed by atoms with Crippen molar-refractivity contribution in [2.75, 3.05) is 18.4 Å². The molecule has 0 saturated carbocycles. The fourth-order valence-corrected chi connectivity index (χ4v) is 4.29. The van der Waals surface area contributed by atoms with Gasteiger partial charge >= 0.3 is 12.3 Å². The Hall–Kier alpha value is -3.15. The lowest BCUT2D eigenvalue weighted by Gasteiger charge is -2.28. The second kappa shape index (κ2) is 7.94. The van der Waals surface area contributed by atoms with Crippen molar-refractivity contribution < 1.29 is 41.0 Å². The summed E-state index contributed by atoms with van der Waals surface area (Å²) in [5.41, 5.74) is -0.941. The number of alkyl halides is 3. The van der Waals surface area contributed by atoms with Crippen molar-refractivity contribution in [3.05, 3.63) is 47.5 Å². The van der Waals surface area contributed by atoms with Crippen LogP contribution in [0.15, 0.2) is 41.3 Å². The molecule has 12 heteroatoms. The number of hydrogen-bond donors (Lipinski definition) is 3. The molecule has 1 heterocycles. The van der Waals surface area contributed by atoms with Gasteiger partial charge in [-0.05, 0) is 30.3 Å². The van der Waals surface area contributed by atoms with Gasteiger partial charge in [0.2, 0.25) is 0 Å². The molecule has 3 rings (SSSR count). The highest BCUT2D eigenvalue weighted by molar-refractivity contribution is 7.92. The lowest BCUT2D eigenvalue weighted by molar-refractivity contribution is -0.137. The Kier molecular flexibility index (Phi) is 5.70. The Bertz CT molecular complexity index is 1070. The van der Waals surface area contributed by atoms with Crippen LogP contribution < -0.4 is 19.5 Å². The average Bonchev–Trinajstić information content (AvgIpc) is 2.65. The van der Waals surface area contributed by atoms with E-state index in [1.807, 2.05) is 0 Å². The number of anilines is 1. The number of ether oxygens (including phenoxy) is 2. The van der Waals surface area contributed by atoms with Gasteiger partial charge in [-0.2, -0.15) is 13.2 Å². The third kappa shape index (κ3) is 4.53. The molecule has 30 heavy (non-hydrogen) atoms. The van der Waals surface area contributed by atoms with Crippen molar-refractivity contribution in [3.63, 3.8) is 0 Å². The molecule has 2 aromatic rings. The zero-order valence-electron chi connectivity index (χ0n) is 15.5. The summed E-state index contributed by atoms with van der Waals surface area (Å²) < 4.78 is 77.3. The highest BCUT2D eigenvalue weighted by Crippen LogP contribution is 2.39. The highest BCUT2D eigenvalue weighted by Gasteiger charge is 2.33. The third-order valence-corrected chi connectivity index (χ3v) is 5.74. The quantitative estimate of drug-likeness (QED) is 0.651. The van der Waals surface area contributed by atoms with Crippen LogP contribution in [0.1, 0.15) is 11.1 Å². The largest absolute Gasteiger partial charge is 0.496 e. The van der Waals surface area contributed by atoms with E-state index in [9.17, 15) is 26.4 Å². The lowest BCUT2D eigenvalue weighted by Crippen LogP contribution is -2.42. The van der Waals surface area contributed by atoms with Gasteiger partial charge in [0.1, 0.15) is 23.0 Å². The summed E-state index contributed by atoms with van der Waals surface area (Å²) in [7, 11) is -2.96. The van der Waals surface area contributed by atoms with Crippen LogP contribution in [-0.2, 0) is 22.6 Å². The van der Waals surface area contributed by atoms with E-state index in [1.54, 1.807) is 0 Å². The van der Waals surface area contributed by atoms with Gasteiger partial charge in [0.05, 0.1) is 18.7 Å². The number of carboxylic acid groups (broad SMARTS) is 1. The van der Waals surface area contributed by atoms with Crippen LogP contribution >= 0.6 is 0 Å². The van der Waals surface area contributed by atoms with E-state index in [-0.39, 0.29) is 29.4 Å². The first kappa shape index (κ1) is 21.6. The Morgan fingerprint density at radius 3 is 2.63 bits per heavy atom. The number of methoxy groups -OCH3 is 1. The second-order valence-corrected chi connectivity index (χ2v) is 8.07. The minimum atomic E-state index is -4.63. The van der Waals surface area contributed by atoms with Crippen LogP contribution in [0, 0.1) is 0 Å². The molecule has 0 unspecified atom stereocenters. The Morgan fingerprint density at radius 1 is 1.27 bits per heavy atom. The molecule has 1 atom stereocenters. The molecule has 0 radical (unpaired) electrons. The molecule has 0 spiro atoms. The molecule has 8 nitrogen and oxygen atoms in total. The number of benzene rings is 2. The SMILES string of the molecule is COc1ccc(S(=O)(=O)Nc2cccc(C(F)(F)F)c2)c2c1C[C@@H](NC(=O)O)CO2. The number of hydrogen-bond acceptors (Lipinski definition) is 5. The number of rotatable bonds is 5. The van der Waals surface area contributed by atoms with Crippen molar-refractivity contribution in [1.29, 1.82) is 0 Å². The molecule has 0 aromatic heterocycles. The molecule has 3 N–H and O–H groups in total. The van der Waals surface area contributed by atoms with Gasteiger partial charge in [0.25, 0.3) is 10.0 Å². The minimum Gasteiger partial charge on any atom is -0.496 e. The van der Waals surface area contributed by atoms with Gasteiger partial charge in [-0.3, -0.25) is 4.72 Å². The maximum atomic E-state index is 12.9. The number of fused-ring (bicyclic) bond motifs is 1. The molecule has 2 aromatic carbocycles. The summed E-state index contributed by atoms with van der Waals surface area (Å²) in [6, 6.07) is 5.73. The van der Waals surface area contributed by atoms with Gasteiger partial charge < -0.3 is 19.9 Å². The van der Waals surface area contributed by atoms with Crippen LogP contribution in [0.25, 0.3) is 0 Å². The van der Waals surface area contributed by atoms with E-state index < -0.39 is 33.9 Å². The van der Waals surface area contributed by atoms with Crippen molar-refractivity contribution in [2.24, 2.45) is 0 Å². The zero-order valence-corrected chi connectivity index (χ0v) is 16.3. The van der Waals surface area contributed by atoms with Gasteiger partial charge in [-0.25, -0.2) is 13.2 Å². The number of carbonyl (C=O) groups is 1. The van der Waals surface area contributed by atoms with Crippen LogP contribution in [0.4, 0.5) is 23.7 Å². The van der Waals surface area contributed by atoms with Crippen LogP contribution in [0.5, 0.6) is 11.5 Å². The van der Waals surface area contributed by atoms with Crippen molar-refractivity contribution in [1.82, 2.24) is 5.32 Å². The summed E-state index contributed by atoms with van der Waals surface area (Å²) in [5.74, 6) is 0.247. The molecule has 0 fully saturated rings. The Morgan fingerprint density at radius 2 is 2.00 bits per heavy atom. The van der Waals surface area contributed by atoms with E-state index >= 15 is 0 Å². The van der Waals surface area contributed by atoms with E-state index in [2.05, 4.69) is 10.0 Å². The number of nitrogens with one attached hydrogen (secondary N) is 2. The zero-order chi connectivity index (χ0) is 22.1. The third-order valence-electron chi connectivity index (χ3n) is 4.34. The smallest absolute Gasteiger partial charge is 0.416 e. The summed E-state index contributed by atoms with van der Waals surface area (Å²) in [6.07, 6.45) is -5.78. The summed E-state index contributed by atoms with van der Waals surface area (Å²) in [4.78, 5) is 10.6. The first-order valence-electron chi connectivity index (χ1n) is 8.53. The first-order valence-corrected chi connectivity index (χ1v) is 10.0. The molecule has 0 saturated heterocycles. The first-order chi connectivity index (χ1) is 14.0. The van der Waals surface area contributed by atoms with Gasteiger partial charge in [-0.1, -0.05) is 6.07 Å². The van der Waals surface area contributed by atoms with E-state index in [1.165, 1.54) is 25.3 Å². The van der Waals surface area contributed by atoms with E-state index in [0.29, 0.717) is 17.4 Å². The van der Waals surface area contributed by atoms with Gasteiger partial charge in [0, 0.05) is 17.7 Å². The van der Waals surface area contributed by atoms with Crippen LogP contribution in [-0.4, -0.2) is 39.4 Å². The number of halogens is 3. The lowest BCUT2D eigenvalue weighted by atomic mass is 10.0. The standard InChI is InChI=1S/C18H17F3N2O6S/c1-28-14-5-6-15(16-13(14)8-12(9-29-16)22-17(24)25)30(26,27)23-11-4-2-3-10(7-11)18(19,20)21/h2-7,12,22-23H,8-9H2,1H3,(H,24,25)/t12-/m1/s1.